The second kappa shape index (κ2) is 27.3. The summed E-state index contributed by atoms with van der Waals surface area (Å²) in [6.07, 6.45) is -93.8. The summed E-state index contributed by atoms with van der Waals surface area (Å²) >= 11 is 0. The molecule has 0 aromatic heterocycles. The van der Waals surface area contributed by atoms with Crippen molar-refractivity contribution in [1.82, 2.24) is 0 Å². The van der Waals surface area contributed by atoms with Gasteiger partial charge in [0.15, 0.2) is 0 Å². The molecule has 1 heterocycles. The summed E-state index contributed by atoms with van der Waals surface area (Å²) in [6, 6.07) is 3.17. The van der Waals surface area contributed by atoms with E-state index in [9.17, 15) is 127 Å². The van der Waals surface area contributed by atoms with Gasteiger partial charge in [-0.3, -0.25) is 4.52 Å². The number of hydrogen-bond acceptors (Lipinski definition) is 16. The average molecular weight is 1550 g/mol. The molecule has 0 fully saturated rings. The lowest BCUT2D eigenvalue weighted by molar-refractivity contribution is -0.621. The molecule has 548 valence electrons. The van der Waals surface area contributed by atoms with Crippen LogP contribution in [0, 0.1) is 0 Å². The maximum Gasteiger partial charge on any atom is 0.498 e. The van der Waals surface area contributed by atoms with Crippen LogP contribution in [-0.2, 0) is 63.8 Å². The van der Waals surface area contributed by atoms with Crippen LogP contribution in [-0.4, -0.2) is 73.9 Å². The number of ether oxygens (including phenoxy) is 6. The highest BCUT2D eigenvalue weighted by Gasteiger charge is 2.75. The van der Waals surface area contributed by atoms with Crippen LogP contribution in [0.15, 0.2) is 135 Å². The van der Waals surface area contributed by atoms with E-state index in [1.165, 1.54) is 0 Å². The van der Waals surface area contributed by atoms with Crippen LogP contribution in [0.4, 0.5) is 145 Å². The molecule has 0 saturated carbocycles. The molecule has 5 aromatic carbocycles. The molecule has 0 bridgehead atoms. The Labute approximate surface area is 519 Å². The Morgan fingerprint density at radius 2 is 0.510 bits per heavy atom. The van der Waals surface area contributed by atoms with Crippen molar-refractivity contribution in [3.63, 3.8) is 0 Å². The van der Waals surface area contributed by atoms with Crippen LogP contribution in [0.3, 0.4) is 0 Å². The number of rotatable bonds is 28. The average Bonchev–Trinajstić information content (AvgIpc) is 0.731. The molecule has 1 atom stereocenters. The number of nitrogens with zero attached hydrogens (tertiary/aromatic N) is 3. The Morgan fingerprint density at radius 1 is 0.276 bits per heavy atom. The molecule has 0 radical (unpaired) electrons. The fourth-order valence-corrected chi connectivity index (χ4v) is 15.7. The second-order valence-corrected chi connectivity index (χ2v) is 24.4. The molecular weight excluding hydrogens is 1520 g/mol. The van der Waals surface area contributed by atoms with Crippen LogP contribution in [0.1, 0.15) is 27.8 Å². The van der Waals surface area contributed by atoms with Crippen molar-refractivity contribution in [2.24, 2.45) is 13.5 Å². The van der Waals surface area contributed by atoms with Crippen molar-refractivity contribution in [2.75, 3.05) is 13.2 Å². The standard InChI is InChI=1S/C46H25F33N3O13P3/c47-33(48,21-83)91-44(74,75)94-46(78,79)95-45(76,77)93-43(72,73)42(70,71)92-41(68,69)40(66,67)90-34(49,50)22-84-96(85-28-11-1-6-23(16-28)35(51,52)53)80-97(86-29-12-2-7-24(17-29)36(54,55)56,87-30-13-3-8-25(18-30)37(57,58)59)82-98(81-96,88-31-14-4-9-26(19-31)38(60,61)62)89-32-15-5-10-27(20-32)39(63,64)65/h1-20,83H,21-22H2. The molecule has 0 spiro atoms. The minimum atomic E-state index is -8.11. The third-order valence-electron chi connectivity index (χ3n) is 10.4. The first kappa shape index (κ1) is 80.1. The molecule has 1 unspecified atom stereocenters. The Balaban J connectivity index is 1.61. The van der Waals surface area contributed by atoms with Gasteiger partial charge in [0.05, 0.1) is 27.8 Å². The van der Waals surface area contributed by atoms with Gasteiger partial charge in [-0.1, -0.05) is 34.8 Å². The largest absolute Gasteiger partial charge is 0.498 e. The van der Waals surface area contributed by atoms with E-state index in [1.54, 1.807) is 14.2 Å². The van der Waals surface area contributed by atoms with E-state index in [2.05, 4.69) is 23.0 Å². The Hall–Kier alpha value is -6.84. The van der Waals surface area contributed by atoms with E-state index in [-0.39, 0.29) is 72.8 Å². The van der Waals surface area contributed by atoms with Gasteiger partial charge in [-0.05, 0) is 91.0 Å². The third-order valence-corrected chi connectivity index (χ3v) is 18.5. The van der Waals surface area contributed by atoms with Gasteiger partial charge in [0.25, 0.3) is 0 Å². The van der Waals surface area contributed by atoms with Gasteiger partial charge in [-0.2, -0.15) is 119 Å². The first-order valence-electron chi connectivity index (χ1n) is 24.2. The maximum atomic E-state index is 16.1. The highest BCUT2D eigenvalue weighted by atomic mass is 31.3. The molecule has 1 N–H and O–H groups in total. The molecule has 6 rings (SSSR count). The van der Waals surface area contributed by atoms with E-state index in [4.69, 9.17) is 32.2 Å². The normalized spacial score (nSPS) is 17.3. The number of alkyl halides is 33. The molecule has 0 amide bonds. The summed E-state index contributed by atoms with van der Waals surface area (Å²) in [7, 11) is -20.1. The molecular formula is C46H25F33N3O13P3. The summed E-state index contributed by atoms with van der Waals surface area (Å²) < 4.78 is 527. The lowest BCUT2D eigenvalue weighted by Crippen LogP contribution is -2.58. The predicted octanol–water partition coefficient (Wildman–Crippen LogP) is 20.6. The Bertz CT molecular complexity index is 3580. The zero-order chi connectivity index (χ0) is 74.4. The quantitative estimate of drug-likeness (QED) is 0.0286. The monoisotopic (exact) mass is 1550 g/mol. The summed E-state index contributed by atoms with van der Waals surface area (Å²) in [5.41, 5.74) is -9.52. The van der Waals surface area contributed by atoms with Crippen molar-refractivity contribution >= 4 is 23.0 Å². The lowest BCUT2D eigenvalue weighted by atomic mass is 10.2. The first-order valence-corrected chi connectivity index (χ1v) is 28.8. The van der Waals surface area contributed by atoms with Crippen LogP contribution in [0.25, 0.3) is 0 Å². The van der Waals surface area contributed by atoms with Gasteiger partial charge < -0.3 is 27.7 Å². The van der Waals surface area contributed by atoms with E-state index in [0.717, 1.165) is 0 Å². The molecule has 0 aliphatic carbocycles. The Kier molecular flexibility index (Phi) is 22.3. The number of benzene rings is 5. The number of aliphatic hydroxyl groups is 1. The van der Waals surface area contributed by atoms with E-state index in [0.29, 0.717) is 48.5 Å². The smallest absolute Gasteiger partial charge is 0.422 e. The fraction of sp³-hybridized carbons (Fsp3) is 0.348. The number of halogens is 33. The fourth-order valence-electron chi connectivity index (χ4n) is 6.58. The maximum absolute atomic E-state index is 16.1. The summed E-state index contributed by atoms with van der Waals surface area (Å²) in [4.78, 5) is 0. The molecule has 1 aliphatic heterocycles. The molecule has 0 saturated heterocycles. The highest BCUT2D eigenvalue weighted by molar-refractivity contribution is 7.79. The minimum Gasteiger partial charge on any atom is -0.422 e. The van der Waals surface area contributed by atoms with Gasteiger partial charge in [0, 0.05) is 0 Å². The van der Waals surface area contributed by atoms with Crippen molar-refractivity contribution in [3.8, 4) is 28.7 Å². The van der Waals surface area contributed by atoms with Gasteiger partial charge >= 0.3 is 109 Å². The second-order valence-electron chi connectivity index (χ2n) is 18.1. The molecule has 16 nitrogen and oxygen atoms in total. The molecule has 1 aliphatic rings. The van der Waals surface area contributed by atoms with Crippen LogP contribution in [0.5, 0.6) is 28.7 Å². The number of hydrogen-bond donors (Lipinski definition) is 1. The number of aliphatic hydroxyl groups excluding tert-OH is 1. The highest BCUT2D eigenvalue weighted by Crippen LogP contribution is 2.79. The third kappa shape index (κ3) is 21.3. The SMILES string of the molecule is OCC(F)(F)OC(F)(F)OC(F)(F)OC(F)(F)OC(F)(F)C(F)(F)OC(F)(F)C(F)(F)OC(F)(F)COP1(Oc2cccc(C(F)(F)F)c2)=NP(Oc2cccc(C(F)(F)F)c2)(Oc2cccc(C(F)(F)F)c2)=NP(Oc2cccc(C(F)(F)F)c2)(Oc2cccc(C(F)(F)F)c2)=N1. The summed E-state index contributed by atoms with van der Waals surface area (Å²) in [5, 5.41) is 8.18. The predicted molar refractivity (Wildman–Crippen MR) is 252 cm³/mol. The molecule has 5 aromatic rings. The first-order chi connectivity index (χ1) is 44.0. The lowest BCUT2D eigenvalue weighted by Gasteiger charge is -2.35. The Morgan fingerprint density at radius 3 is 0.796 bits per heavy atom. The molecule has 98 heavy (non-hydrogen) atoms. The topological polar surface area (TPSA) is 168 Å². The van der Waals surface area contributed by atoms with Crippen molar-refractivity contribution < 1.29 is 206 Å². The molecule has 52 heteroatoms. The zero-order valence-corrected chi connectivity index (χ0v) is 48.1. The zero-order valence-electron chi connectivity index (χ0n) is 45.5. The van der Waals surface area contributed by atoms with E-state index >= 15 is 17.6 Å². The van der Waals surface area contributed by atoms with Crippen molar-refractivity contribution in [1.29, 1.82) is 0 Å². The van der Waals surface area contributed by atoms with Crippen molar-refractivity contribution in [3.05, 3.63) is 149 Å². The van der Waals surface area contributed by atoms with E-state index < -0.39 is 179 Å². The summed E-state index contributed by atoms with van der Waals surface area (Å²) in [5.74, 6) is -7.79. The van der Waals surface area contributed by atoms with Gasteiger partial charge in [-0.25, -0.2) is 28.4 Å². The van der Waals surface area contributed by atoms with E-state index in [1.807, 2.05) is 4.74 Å². The van der Waals surface area contributed by atoms with Crippen LogP contribution >= 0.6 is 23.0 Å². The minimum absolute atomic E-state index is 0.0976. The van der Waals surface area contributed by atoms with Crippen LogP contribution in [0.2, 0.25) is 0 Å². The van der Waals surface area contributed by atoms with Crippen molar-refractivity contribution in [2.45, 2.75) is 86.4 Å². The summed E-state index contributed by atoms with van der Waals surface area (Å²) in [6.45, 7) is -6.59. The van der Waals surface area contributed by atoms with Gasteiger partial charge in [-0.15, -0.1) is 35.4 Å². The van der Waals surface area contributed by atoms with Gasteiger partial charge in [0.2, 0.25) is 0 Å². The van der Waals surface area contributed by atoms with Gasteiger partial charge in [0.1, 0.15) is 42.0 Å². The van der Waals surface area contributed by atoms with Crippen LogP contribution < -0.4 is 22.6 Å².